The Bertz CT molecular complexity index is 386. The number of nitrogens with zero attached hydrogens (tertiary/aromatic N) is 1. The number of hydrogen-bond acceptors (Lipinski definition) is 4. The molecule has 0 saturated carbocycles. The molecule has 1 unspecified atom stereocenters. The lowest BCUT2D eigenvalue weighted by atomic mass is 10.1. The molecule has 0 aromatic carbocycles. The zero-order chi connectivity index (χ0) is 12.8. The highest BCUT2D eigenvalue weighted by molar-refractivity contribution is 5.85. The van der Waals surface area contributed by atoms with Gasteiger partial charge in [-0.25, -0.2) is 0 Å². The standard InChI is InChI=1S/C13H19N3O2.2ClH/c1-10(18-12-5-3-7-15-9-12)13(17)16-11-4-2-6-14-8-11;;/h3,5,7,9-11,14H,2,4,6,8H2,1H3,(H,16,17);2*1H/t10?,11-;;/m0../s1. The van der Waals surface area contributed by atoms with Crippen LogP contribution >= 0.6 is 24.8 Å². The molecule has 2 atom stereocenters. The summed E-state index contributed by atoms with van der Waals surface area (Å²) in [5.74, 6) is 0.537. The van der Waals surface area contributed by atoms with E-state index in [1.54, 1.807) is 31.5 Å². The first kappa shape index (κ1) is 19.0. The van der Waals surface area contributed by atoms with Gasteiger partial charge in [0.2, 0.25) is 0 Å². The fourth-order valence-electron chi connectivity index (χ4n) is 1.97. The molecule has 0 spiro atoms. The highest BCUT2D eigenvalue weighted by Gasteiger charge is 2.20. The third-order valence-electron chi connectivity index (χ3n) is 2.96. The van der Waals surface area contributed by atoms with Crippen LogP contribution in [-0.4, -0.2) is 36.1 Å². The molecular formula is C13H21Cl2N3O2. The minimum absolute atomic E-state index is 0. The minimum atomic E-state index is -0.504. The van der Waals surface area contributed by atoms with Crippen molar-refractivity contribution in [3.05, 3.63) is 24.5 Å². The molecule has 0 radical (unpaired) electrons. The maximum atomic E-state index is 11.9. The van der Waals surface area contributed by atoms with Crippen LogP contribution in [0.4, 0.5) is 0 Å². The molecular weight excluding hydrogens is 301 g/mol. The normalized spacial score (nSPS) is 18.9. The van der Waals surface area contributed by atoms with Gasteiger partial charge in [0.1, 0.15) is 5.75 Å². The number of rotatable bonds is 4. The number of halogens is 2. The van der Waals surface area contributed by atoms with Crippen LogP contribution in [0, 0.1) is 0 Å². The molecule has 114 valence electrons. The predicted octanol–water partition coefficient (Wildman–Crippen LogP) is 1.56. The number of carbonyl (C=O) groups is 1. The molecule has 1 fully saturated rings. The summed E-state index contributed by atoms with van der Waals surface area (Å²) in [6.45, 7) is 3.62. The Morgan fingerprint density at radius 2 is 2.35 bits per heavy atom. The van der Waals surface area contributed by atoms with Gasteiger partial charge < -0.3 is 15.4 Å². The second kappa shape index (κ2) is 9.80. The molecule has 1 aromatic rings. The van der Waals surface area contributed by atoms with E-state index in [9.17, 15) is 4.79 Å². The molecule has 1 saturated heterocycles. The summed E-state index contributed by atoms with van der Waals surface area (Å²) in [6.07, 6.45) is 4.90. The summed E-state index contributed by atoms with van der Waals surface area (Å²) in [4.78, 5) is 15.9. The van der Waals surface area contributed by atoms with E-state index in [4.69, 9.17) is 4.74 Å². The molecule has 2 N–H and O–H groups in total. The van der Waals surface area contributed by atoms with Gasteiger partial charge in [0.05, 0.1) is 6.20 Å². The second-order valence-corrected chi connectivity index (χ2v) is 4.50. The maximum absolute atomic E-state index is 11.9. The zero-order valence-corrected chi connectivity index (χ0v) is 13.0. The first-order valence-corrected chi connectivity index (χ1v) is 6.33. The summed E-state index contributed by atoms with van der Waals surface area (Å²) in [6, 6.07) is 3.79. The number of aromatic nitrogens is 1. The highest BCUT2D eigenvalue weighted by atomic mass is 35.5. The van der Waals surface area contributed by atoms with Crippen LogP contribution in [0.15, 0.2) is 24.5 Å². The van der Waals surface area contributed by atoms with Crippen LogP contribution < -0.4 is 15.4 Å². The average Bonchev–Trinajstić information content (AvgIpc) is 2.41. The summed E-state index contributed by atoms with van der Waals surface area (Å²) in [7, 11) is 0. The molecule has 5 nitrogen and oxygen atoms in total. The Kier molecular flexibility index (Phi) is 9.29. The third-order valence-corrected chi connectivity index (χ3v) is 2.96. The topological polar surface area (TPSA) is 63.2 Å². The number of pyridine rings is 1. The number of carbonyl (C=O) groups excluding carboxylic acids is 1. The van der Waals surface area contributed by atoms with Crippen molar-refractivity contribution < 1.29 is 9.53 Å². The smallest absolute Gasteiger partial charge is 0.261 e. The summed E-state index contributed by atoms with van der Waals surface area (Å²) in [5.41, 5.74) is 0. The monoisotopic (exact) mass is 321 g/mol. The minimum Gasteiger partial charge on any atom is -0.479 e. The van der Waals surface area contributed by atoms with Crippen molar-refractivity contribution in [3.8, 4) is 5.75 Å². The van der Waals surface area contributed by atoms with Crippen molar-refractivity contribution >= 4 is 30.7 Å². The molecule has 2 heterocycles. The van der Waals surface area contributed by atoms with Crippen LogP contribution in [-0.2, 0) is 4.79 Å². The summed E-state index contributed by atoms with van der Waals surface area (Å²) >= 11 is 0. The maximum Gasteiger partial charge on any atom is 0.261 e. The number of piperidine rings is 1. The van der Waals surface area contributed by atoms with Gasteiger partial charge in [-0.15, -0.1) is 24.8 Å². The van der Waals surface area contributed by atoms with E-state index >= 15 is 0 Å². The van der Waals surface area contributed by atoms with Gasteiger partial charge in [-0.2, -0.15) is 0 Å². The van der Waals surface area contributed by atoms with Crippen LogP contribution in [0.3, 0.4) is 0 Å². The van der Waals surface area contributed by atoms with Crippen LogP contribution in [0.25, 0.3) is 0 Å². The molecule has 7 heteroatoms. The van der Waals surface area contributed by atoms with E-state index in [-0.39, 0.29) is 36.8 Å². The molecule has 0 aliphatic carbocycles. The van der Waals surface area contributed by atoms with E-state index in [2.05, 4.69) is 15.6 Å². The van der Waals surface area contributed by atoms with E-state index in [0.717, 1.165) is 25.9 Å². The molecule has 20 heavy (non-hydrogen) atoms. The van der Waals surface area contributed by atoms with E-state index in [0.29, 0.717) is 5.75 Å². The fraction of sp³-hybridized carbons (Fsp3) is 0.538. The van der Waals surface area contributed by atoms with Gasteiger partial charge in [0, 0.05) is 18.8 Å². The first-order chi connectivity index (χ1) is 8.75. The summed E-state index contributed by atoms with van der Waals surface area (Å²) in [5, 5.41) is 6.26. The molecule has 2 rings (SSSR count). The lowest BCUT2D eigenvalue weighted by molar-refractivity contribution is -0.128. The van der Waals surface area contributed by atoms with Crippen LogP contribution in [0.5, 0.6) is 5.75 Å². The molecule has 0 bridgehead atoms. The number of amides is 1. The molecule has 1 aliphatic rings. The highest BCUT2D eigenvalue weighted by Crippen LogP contribution is 2.09. The Morgan fingerprint density at radius 3 is 2.95 bits per heavy atom. The fourth-order valence-corrected chi connectivity index (χ4v) is 1.97. The Morgan fingerprint density at radius 1 is 1.55 bits per heavy atom. The Hall–Kier alpha value is -1.04. The van der Waals surface area contributed by atoms with Crippen molar-refractivity contribution in [2.75, 3.05) is 13.1 Å². The van der Waals surface area contributed by atoms with E-state index in [1.807, 2.05) is 0 Å². The number of hydrogen-bond donors (Lipinski definition) is 2. The largest absolute Gasteiger partial charge is 0.479 e. The lowest BCUT2D eigenvalue weighted by Crippen LogP contribution is -2.49. The van der Waals surface area contributed by atoms with Gasteiger partial charge in [0.25, 0.3) is 5.91 Å². The summed E-state index contributed by atoms with van der Waals surface area (Å²) < 4.78 is 5.52. The van der Waals surface area contributed by atoms with E-state index < -0.39 is 6.10 Å². The SMILES string of the molecule is CC(Oc1cccnc1)C(=O)N[C@H]1CCCNC1.Cl.Cl. The number of nitrogens with one attached hydrogen (secondary N) is 2. The van der Waals surface area contributed by atoms with Crippen LogP contribution in [0.2, 0.25) is 0 Å². The van der Waals surface area contributed by atoms with Gasteiger partial charge in [-0.05, 0) is 38.4 Å². The van der Waals surface area contributed by atoms with Gasteiger partial charge in [0.15, 0.2) is 6.10 Å². The molecule has 1 aromatic heterocycles. The predicted molar refractivity (Wildman–Crippen MR) is 82.9 cm³/mol. The van der Waals surface area contributed by atoms with Crippen LogP contribution in [0.1, 0.15) is 19.8 Å². The molecule has 1 aliphatic heterocycles. The Labute approximate surface area is 131 Å². The van der Waals surface area contributed by atoms with Crippen molar-refractivity contribution in [3.63, 3.8) is 0 Å². The quantitative estimate of drug-likeness (QED) is 0.883. The van der Waals surface area contributed by atoms with Gasteiger partial charge >= 0.3 is 0 Å². The zero-order valence-electron chi connectivity index (χ0n) is 11.4. The van der Waals surface area contributed by atoms with Crippen molar-refractivity contribution in [1.82, 2.24) is 15.6 Å². The number of ether oxygens (including phenoxy) is 1. The second-order valence-electron chi connectivity index (χ2n) is 4.50. The van der Waals surface area contributed by atoms with Gasteiger partial charge in [-0.1, -0.05) is 0 Å². The first-order valence-electron chi connectivity index (χ1n) is 6.33. The van der Waals surface area contributed by atoms with Crippen molar-refractivity contribution in [2.45, 2.75) is 31.9 Å². The lowest BCUT2D eigenvalue weighted by Gasteiger charge is -2.25. The van der Waals surface area contributed by atoms with Crippen molar-refractivity contribution in [2.24, 2.45) is 0 Å². The van der Waals surface area contributed by atoms with E-state index in [1.165, 1.54) is 0 Å². The van der Waals surface area contributed by atoms with Crippen molar-refractivity contribution in [1.29, 1.82) is 0 Å². The molecule has 1 amide bonds. The average molecular weight is 322 g/mol. The van der Waals surface area contributed by atoms with Gasteiger partial charge in [-0.3, -0.25) is 9.78 Å². The Balaban J connectivity index is 0.00000180. The third kappa shape index (κ3) is 5.94.